The van der Waals surface area contributed by atoms with Crippen LogP contribution in [0.15, 0.2) is 122 Å². The second-order valence-electron chi connectivity index (χ2n) is 9.39. The van der Waals surface area contributed by atoms with Gasteiger partial charge in [0.2, 0.25) is 0 Å². The molecule has 0 aliphatic rings. The molecule has 0 aromatic heterocycles. The fraction of sp³-hybridized carbons (Fsp3) is 0.0323. The van der Waals surface area contributed by atoms with E-state index in [1.165, 1.54) is 43.5 Å². The van der Waals surface area contributed by atoms with Gasteiger partial charge in [-0.2, -0.15) is 15.3 Å². The summed E-state index contributed by atoms with van der Waals surface area (Å²) >= 11 is 0. The Labute approximate surface area is 295 Å². The van der Waals surface area contributed by atoms with E-state index in [2.05, 4.69) is 35.4 Å². The zero-order valence-corrected chi connectivity index (χ0v) is 27.8. The third kappa shape index (κ3) is 11.7. The molecule has 0 atom stereocenters. The number of rotatable bonds is 10. The average Bonchev–Trinajstić information content (AvgIpc) is 3.09. The molecule has 3 N–H and O–H groups in total. The van der Waals surface area contributed by atoms with E-state index in [9.17, 15) is 19.8 Å². The highest BCUT2D eigenvalue weighted by molar-refractivity contribution is 7.59. The first-order valence-electron chi connectivity index (χ1n) is 13.8. The zero-order valence-electron chi connectivity index (χ0n) is 26.2. The van der Waals surface area contributed by atoms with Gasteiger partial charge in [0.25, 0.3) is 6.47 Å². The predicted octanol–water partition coefficient (Wildman–Crippen LogP) is 6.73. The monoisotopic (exact) mass is 750 g/mol. The molecule has 19 nitrogen and oxygen atoms in total. The summed E-state index contributed by atoms with van der Waals surface area (Å²) in [6.45, 7) is 0.216. The van der Waals surface area contributed by atoms with Crippen LogP contribution in [0.4, 0.5) is 34.1 Å². The summed E-state index contributed by atoms with van der Waals surface area (Å²) in [6.07, 6.45) is 0. The van der Waals surface area contributed by atoms with Gasteiger partial charge in [-0.25, -0.2) is 4.79 Å². The number of azo groups is 3. The molecule has 0 amide bonds. The van der Waals surface area contributed by atoms with Gasteiger partial charge in [0.1, 0.15) is 22.7 Å². The van der Waals surface area contributed by atoms with Crippen molar-refractivity contribution in [3.8, 4) is 23.0 Å². The van der Waals surface area contributed by atoms with Crippen molar-refractivity contribution in [3.05, 3.63) is 96.6 Å². The Morgan fingerprint density at radius 1 is 0.596 bits per heavy atom. The van der Waals surface area contributed by atoms with Crippen LogP contribution < -0.4 is 9.47 Å². The first kappa shape index (κ1) is 39.2. The van der Waals surface area contributed by atoms with E-state index < -0.39 is 32.9 Å². The topological polar surface area (TPSA) is 290 Å². The molecular formula is C31H22N6O13S2. The molecule has 0 saturated carbocycles. The Kier molecular flexibility index (Phi) is 14.4. The molecule has 0 saturated heterocycles. The summed E-state index contributed by atoms with van der Waals surface area (Å²) < 4.78 is 60.8. The molecule has 5 aromatic carbocycles. The largest absolute Gasteiger partial charge is 0.507 e. The molecule has 0 aliphatic carbocycles. The third-order valence-electron chi connectivity index (χ3n) is 6.19. The van der Waals surface area contributed by atoms with Crippen LogP contribution in [0.2, 0.25) is 0 Å². The van der Waals surface area contributed by atoms with Gasteiger partial charge in [0.15, 0.2) is 11.5 Å². The molecule has 5 rings (SSSR count). The van der Waals surface area contributed by atoms with E-state index in [0.717, 1.165) is 10.8 Å². The number of methoxy groups -OCH3 is 1. The number of carbonyl (C=O) groups excluding carboxylic acids is 1. The van der Waals surface area contributed by atoms with Crippen molar-refractivity contribution in [1.29, 1.82) is 0 Å². The number of hydrogen-bond acceptors (Lipinski definition) is 18. The molecule has 266 valence electrons. The number of carbonyl (C=O) groups is 2. The van der Waals surface area contributed by atoms with E-state index in [0.29, 0.717) is 34.2 Å². The first-order chi connectivity index (χ1) is 24.8. The highest BCUT2D eigenvalue weighted by Gasteiger charge is 2.11. The second-order valence-corrected chi connectivity index (χ2v) is 10.2. The van der Waals surface area contributed by atoms with Gasteiger partial charge >= 0.3 is 27.2 Å². The SMILES string of the molecule is COc1cc(N=Nc2ccc(OC=O)c(O)c2)ccc1N=Nc1ccc(N=Nc2ccc(C(=O)O)c(O)c2)c2ccccc12.O=S(=O)=O.O=S(=O)=O. The summed E-state index contributed by atoms with van der Waals surface area (Å²) in [5.41, 5.74) is 2.40. The second kappa shape index (κ2) is 19.1. The third-order valence-corrected chi connectivity index (χ3v) is 6.19. The number of aromatic carboxylic acids is 1. The lowest BCUT2D eigenvalue weighted by Crippen LogP contribution is -1.95. The lowest BCUT2D eigenvalue weighted by molar-refractivity contribution is -0.120. The van der Waals surface area contributed by atoms with Crippen molar-refractivity contribution in [3.63, 3.8) is 0 Å². The van der Waals surface area contributed by atoms with E-state index in [4.69, 9.17) is 35.1 Å². The van der Waals surface area contributed by atoms with E-state index in [-0.39, 0.29) is 29.2 Å². The van der Waals surface area contributed by atoms with Gasteiger partial charge in [-0.3, -0.25) is 4.79 Å². The van der Waals surface area contributed by atoms with E-state index in [1.807, 2.05) is 24.3 Å². The Morgan fingerprint density at radius 2 is 1.04 bits per heavy atom. The Balaban J connectivity index is 0.000000827. The van der Waals surface area contributed by atoms with Crippen LogP contribution >= 0.6 is 0 Å². The first-order valence-corrected chi connectivity index (χ1v) is 15.8. The molecule has 0 radical (unpaired) electrons. The van der Waals surface area contributed by atoms with Crippen molar-refractivity contribution in [2.45, 2.75) is 0 Å². The zero-order chi connectivity index (χ0) is 38.2. The fourth-order valence-corrected chi connectivity index (χ4v) is 4.07. The summed E-state index contributed by atoms with van der Waals surface area (Å²) in [5.74, 6) is -1.49. The van der Waals surface area contributed by atoms with Gasteiger partial charge in [0.05, 0.1) is 35.5 Å². The number of benzene rings is 5. The predicted molar refractivity (Wildman–Crippen MR) is 179 cm³/mol. The standard InChI is InChI=1S/C31H22N6O7.2O3S/c1-43-30-16-20(33-32-19-8-13-29(44-17-38)28(40)15-19)7-10-26(30)37-36-25-12-11-24(21-4-2-3-5-22(21)25)35-34-18-6-9-23(31(41)42)27(39)14-18;2*1-4(2)3/h2-17,39-40H,1H3,(H,41,42);;. The lowest BCUT2D eigenvalue weighted by Gasteiger charge is -2.06. The van der Waals surface area contributed by atoms with Gasteiger partial charge in [-0.1, -0.05) is 24.3 Å². The summed E-state index contributed by atoms with van der Waals surface area (Å²) in [4.78, 5) is 21.6. The Bertz CT molecular complexity index is 2400. The van der Waals surface area contributed by atoms with E-state index in [1.54, 1.807) is 30.3 Å². The number of carboxylic acid groups (broad SMARTS) is 1. The van der Waals surface area contributed by atoms with Crippen molar-refractivity contribution < 1.29 is 59.6 Å². The molecule has 0 spiro atoms. The number of phenols is 2. The van der Waals surface area contributed by atoms with Crippen LogP contribution in [0.1, 0.15) is 10.4 Å². The summed E-state index contributed by atoms with van der Waals surface area (Å²) in [7, 11) is -4.73. The minimum absolute atomic E-state index is 0.00750. The number of nitrogens with zero attached hydrogens (tertiary/aromatic N) is 6. The number of phenolic OH excluding ortho intramolecular Hbond substituents is 1. The normalized spacial score (nSPS) is 10.6. The van der Waals surface area contributed by atoms with Crippen LogP contribution in [0.3, 0.4) is 0 Å². The highest BCUT2D eigenvalue weighted by Crippen LogP contribution is 2.38. The minimum atomic E-state index is -3.11. The quantitative estimate of drug-likeness (QED) is 0.0986. The van der Waals surface area contributed by atoms with Crippen LogP contribution in [0.5, 0.6) is 23.0 Å². The van der Waals surface area contributed by atoms with Crippen molar-refractivity contribution in [2.24, 2.45) is 30.7 Å². The summed E-state index contributed by atoms with van der Waals surface area (Å²) in [6, 6.07) is 24.0. The van der Waals surface area contributed by atoms with Crippen molar-refractivity contribution in [2.75, 3.05) is 7.11 Å². The molecule has 52 heavy (non-hydrogen) atoms. The molecular weight excluding hydrogens is 729 g/mol. The summed E-state index contributed by atoms with van der Waals surface area (Å²) in [5, 5.41) is 55.9. The maximum absolute atomic E-state index is 11.1. The average molecular weight is 751 g/mol. The van der Waals surface area contributed by atoms with Crippen LogP contribution in [0, 0.1) is 0 Å². The van der Waals surface area contributed by atoms with Crippen LogP contribution in [-0.4, -0.2) is 60.1 Å². The maximum atomic E-state index is 11.1. The number of carboxylic acids is 1. The Hall–Kier alpha value is -7.26. The molecule has 0 heterocycles. The molecule has 21 heteroatoms. The number of ether oxygens (including phenoxy) is 2. The molecule has 0 unspecified atom stereocenters. The maximum Gasteiger partial charge on any atom is 0.425 e. The minimum Gasteiger partial charge on any atom is -0.507 e. The highest BCUT2D eigenvalue weighted by atomic mass is 32.2. The molecule has 0 fully saturated rings. The number of fused-ring (bicyclic) bond motifs is 1. The molecule has 0 bridgehead atoms. The van der Waals surface area contributed by atoms with Crippen molar-refractivity contribution in [1.82, 2.24) is 0 Å². The molecule has 5 aromatic rings. The lowest BCUT2D eigenvalue weighted by atomic mass is 10.1. The Morgan fingerprint density at radius 3 is 1.54 bits per heavy atom. The van der Waals surface area contributed by atoms with Crippen LogP contribution in [0.25, 0.3) is 10.8 Å². The fourth-order valence-electron chi connectivity index (χ4n) is 4.07. The van der Waals surface area contributed by atoms with Gasteiger partial charge in [-0.15, -0.1) is 40.6 Å². The number of aromatic hydroxyl groups is 2. The van der Waals surface area contributed by atoms with Gasteiger partial charge in [-0.05, 0) is 48.5 Å². The smallest absolute Gasteiger partial charge is 0.425 e. The van der Waals surface area contributed by atoms with Gasteiger partial charge in [0, 0.05) is 29.0 Å². The number of hydrogen-bond donors (Lipinski definition) is 3. The van der Waals surface area contributed by atoms with Gasteiger partial charge < -0.3 is 24.8 Å². The van der Waals surface area contributed by atoms with E-state index >= 15 is 0 Å². The van der Waals surface area contributed by atoms with Crippen LogP contribution in [-0.2, 0) is 26.0 Å². The van der Waals surface area contributed by atoms with Crippen molar-refractivity contribution >= 4 is 78.6 Å². The molecule has 0 aliphatic heterocycles.